The predicted molar refractivity (Wildman–Crippen MR) is 76.0 cm³/mol. The molecule has 4 N–H and O–H groups in total. The van der Waals surface area contributed by atoms with Crippen LogP contribution < -0.4 is 16.4 Å². The summed E-state index contributed by atoms with van der Waals surface area (Å²) in [5.74, 6) is 0.278. The van der Waals surface area contributed by atoms with Crippen molar-refractivity contribution < 1.29 is 4.79 Å². The van der Waals surface area contributed by atoms with E-state index in [4.69, 9.17) is 5.73 Å². The van der Waals surface area contributed by atoms with Gasteiger partial charge in [0.25, 0.3) is 5.91 Å². The summed E-state index contributed by atoms with van der Waals surface area (Å²) in [4.78, 5) is 19.7. The highest BCUT2D eigenvalue weighted by atomic mass is 16.1. The molecule has 1 aromatic heterocycles. The second-order valence-corrected chi connectivity index (χ2v) is 4.04. The fourth-order valence-electron chi connectivity index (χ4n) is 1.38. The third kappa shape index (κ3) is 6.40. The van der Waals surface area contributed by atoms with Crippen LogP contribution in [0.15, 0.2) is 29.5 Å². The molecule has 0 saturated heterocycles. The van der Waals surface area contributed by atoms with Gasteiger partial charge in [-0.25, -0.2) is 0 Å². The van der Waals surface area contributed by atoms with Crippen molar-refractivity contribution in [2.24, 2.45) is 10.7 Å². The SMILES string of the molecule is CCCCN=C(N)NCCNC(=O)c1cccnc1. The Morgan fingerprint density at radius 3 is 2.89 bits per heavy atom. The summed E-state index contributed by atoms with van der Waals surface area (Å²) in [6, 6.07) is 3.45. The predicted octanol–water partition coefficient (Wildman–Crippen LogP) is 0.516. The van der Waals surface area contributed by atoms with Crippen molar-refractivity contribution in [1.29, 1.82) is 0 Å². The Morgan fingerprint density at radius 2 is 2.21 bits per heavy atom. The lowest BCUT2D eigenvalue weighted by Gasteiger charge is -2.07. The number of aromatic nitrogens is 1. The van der Waals surface area contributed by atoms with Gasteiger partial charge in [-0.05, 0) is 18.6 Å². The van der Waals surface area contributed by atoms with E-state index < -0.39 is 0 Å². The molecule has 6 nitrogen and oxygen atoms in total. The van der Waals surface area contributed by atoms with Crippen molar-refractivity contribution in [2.45, 2.75) is 19.8 Å². The van der Waals surface area contributed by atoms with E-state index in [-0.39, 0.29) is 5.91 Å². The molecule has 1 rings (SSSR count). The number of guanidine groups is 1. The normalized spacial score (nSPS) is 11.1. The highest BCUT2D eigenvalue weighted by molar-refractivity contribution is 5.93. The molecule has 104 valence electrons. The Morgan fingerprint density at radius 1 is 1.42 bits per heavy atom. The standard InChI is InChI=1S/C13H21N5O/c1-2-3-7-17-13(14)18-9-8-16-12(19)11-5-4-6-15-10-11/h4-6,10H,2-3,7-9H2,1H3,(H,16,19)(H3,14,17,18). The van der Waals surface area contributed by atoms with Gasteiger partial charge in [-0.1, -0.05) is 13.3 Å². The molecule has 0 fully saturated rings. The molecule has 0 aliphatic carbocycles. The second kappa shape index (κ2) is 8.91. The molecule has 19 heavy (non-hydrogen) atoms. The lowest BCUT2D eigenvalue weighted by molar-refractivity contribution is 0.0954. The van der Waals surface area contributed by atoms with E-state index in [1.54, 1.807) is 18.3 Å². The van der Waals surface area contributed by atoms with E-state index in [2.05, 4.69) is 27.5 Å². The number of carbonyl (C=O) groups is 1. The summed E-state index contributed by atoms with van der Waals surface area (Å²) < 4.78 is 0. The smallest absolute Gasteiger partial charge is 0.252 e. The van der Waals surface area contributed by atoms with Crippen molar-refractivity contribution in [1.82, 2.24) is 15.6 Å². The van der Waals surface area contributed by atoms with Gasteiger partial charge in [0.2, 0.25) is 0 Å². The average Bonchev–Trinajstić information content (AvgIpc) is 2.44. The Hall–Kier alpha value is -2.11. The topological polar surface area (TPSA) is 92.4 Å². The average molecular weight is 263 g/mol. The maximum atomic E-state index is 11.7. The summed E-state index contributed by atoms with van der Waals surface area (Å²) in [6.07, 6.45) is 5.28. The Labute approximate surface area is 113 Å². The molecule has 0 atom stereocenters. The Bertz CT molecular complexity index is 405. The largest absolute Gasteiger partial charge is 0.370 e. The van der Waals surface area contributed by atoms with Gasteiger partial charge < -0.3 is 16.4 Å². The minimum atomic E-state index is -0.142. The van der Waals surface area contributed by atoms with Crippen LogP contribution in [0.5, 0.6) is 0 Å². The molecule has 0 spiro atoms. The number of rotatable bonds is 7. The van der Waals surface area contributed by atoms with E-state index in [9.17, 15) is 4.79 Å². The molecule has 1 amide bonds. The van der Waals surface area contributed by atoms with E-state index in [0.29, 0.717) is 24.6 Å². The van der Waals surface area contributed by atoms with Crippen LogP contribution in [0.3, 0.4) is 0 Å². The van der Waals surface area contributed by atoms with E-state index in [1.165, 1.54) is 6.20 Å². The third-order valence-electron chi connectivity index (χ3n) is 2.43. The fourth-order valence-corrected chi connectivity index (χ4v) is 1.38. The maximum absolute atomic E-state index is 11.7. The summed E-state index contributed by atoms with van der Waals surface area (Å²) >= 11 is 0. The van der Waals surface area contributed by atoms with Gasteiger partial charge in [0, 0.05) is 32.0 Å². The molecule has 1 heterocycles. The number of nitrogens with two attached hydrogens (primary N) is 1. The van der Waals surface area contributed by atoms with Crippen molar-refractivity contribution in [2.75, 3.05) is 19.6 Å². The zero-order valence-electron chi connectivity index (χ0n) is 11.2. The number of pyridine rings is 1. The quantitative estimate of drug-likeness (QED) is 0.380. The minimum absolute atomic E-state index is 0.142. The summed E-state index contributed by atoms with van der Waals surface area (Å²) in [6.45, 7) is 3.87. The van der Waals surface area contributed by atoms with Crippen LogP contribution in [-0.2, 0) is 0 Å². The molecule has 0 aliphatic heterocycles. The van der Waals surface area contributed by atoms with Gasteiger partial charge in [0.15, 0.2) is 5.96 Å². The third-order valence-corrected chi connectivity index (χ3v) is 2.43. The number of aliphatic imine (C=N–C) groups is 1. The molecule has 6 heteroatoms. The lowest BCUT2D eigenvalue weighted by atomic mass is 10.3. The first-order valence-electron chi connectivity index (χ1n) is 6.46. The first kappa shape index (κ1) is 14.9. The second-order valence-electron chi connectivity index (χ2n) is 4.04. The van der Waals surface area contributed by atoms with Crippen molar-refractivity contribution >= 4 is 11.9 Å². The van der Waals surface area contributed by atoms with Gasteiger partial charge in [-0.2, -0.15) is 0 Å². The molecule has 0 saturated carbocycles. The molecular weight excluding hydrogens is 242 g/mol. The van der Waals surface area contributed by atoms with Crippen LogP contribution >= 0.6 is 0 Å². The summed E-state index contributed by atoms with van der Waals surface area (Å²) in [5.41, 5.74) is 6.21. The number of nitrogens with zero attached hydrogens (tertiary/aromatic N) is 2. The van der Waals surface area contributed by atoms with E-state index in [1.807, 2.05) is 0 Å². The Kier molecular flexibility index (Phi) is 7.01. The molecule has 1 aromatic rings. The maximum Gasteiger partial charge on any atom is 0.252 e. The van der Waals surface area contributed by atoms with Gasteiger partial charge >= 0.3 is 0 Å². The molecule has 0 unspecified atom stereocenters. The lowest BCUT2D eigenvalue weighted by Crippen LogP contribution is -2.38. The van der Waals surface area contributed by atoms with Gasteiger partial charge in [0.1, 0.15) is 0 Å². The number of carbonyl (C=O) groups excluding carboxylic acids is 1. The van der Waals surface area contributed by atoms with Crippen LogP contribution in [0.25, 0.3) is 0 Å². The Balaban J connectivity index is 2.17. The molecule has 0 radical (unpaired) electrons. The van der Waals surface area contributed by atoms with Crippen molar-refractivity contribution in [3.8, 4) is 0 Å². The highest BCUT2D eigenvalue weighted by Gasteiger charge is 2.03. The first-order valence-corrected chi connectivity index (χ1v) is 6.46. The number of amides is 1. The van der Waals surface area contributed by atoms with Gasteiger partial charge in [-0.15, -0.1) is 0 Å². The molecule has 0 bridgehead atoms. The van der Waals surface area contributed by atoms with E-state index >= 15 is 0 Å². The number of hydrogen-bond donors (Lipinski definition) is 3. The summed E-state index contributed by atoms with van der Waals surface area (Å²) in [7, 11) is 0. The van der Waals surface area contributed by atoms with Crippen LogP contribution in [0, 0.1) is 0 Å². The fraction of sp³-hybridized carbons (Fsp3) is 0.462. The molecular formula is C13H21N5O. The van der Waals surface area contributed by atoms with Crippen LogP contribution in [0.1, 0.15) is 30.1 Å². The molecule has 0 aromatic carbocycles. The first-order chi connectivity index (χ1) is 9.24. The van der Waals surface area contributed by atoms with Crippen LogP contribution in [0.2, 0.25) is 0 Å². The monoisotopic (exact) mass is 263 g/mol. The van der Waals surface area contributed by atoms with Gasteiger partial charge in [0.05, 0.1) is 5.56 Å². The number of hydrogen-bond acceptors (Lipinski definition) is 3. The minimum Gasteiger partial charge on any atom is -0.370 e. The van der Waals surface area contributed by atoms with Crippen LogP contribution in [0.4, 0.5) is 0 Å². The van der Waals surface area contributed by atoms with E-state index in [0.717, 1.165) is 19.4 Å². The van der Waals surface area contributed by atoms with Gasteiger partial charge in [-0.3, -0.25) is 14.8 Å². The summed E-state index contributed by atoms with van der Waals surface area (Å²) in [5, 5.41) is 5.72. The van der Waals surface area contributed by atoms with Crippen LogP contribution in [-0.4, -0.2) is 36.5 Å². The molecule has 0 aliphatic rings. The number of nitrogens with one attached hydrogen (secondary N) is 2. The van der Waals surface area contributed by atoms with Crippen molar-refractivity contribution in [3.63, 3.8) is 0 Å². The zero-order chi connectivity index (χ0) is 13.9. The number of unbranched alkanes of at least 4 members (excludes halogenated alkanes) is 1. The zero-order valence-corrected chi connectivity index (χ0v) is 11.2. The van der Waals surface area contributed by atoms with Crippen molar-refractivity contribution in [3.05, 3.63) is 30.1 Å². The highest BCUT2D eigenvalue weighted by Crippen LogP contribution is 1.94.